The summed E-state index contributed by atoms with van der Waals surface area (Å²) in [5, 5.41) is 6.55. The van der Waals surface area contributed by atoms with Gasteiger partial charge in [-0.25, -0.2) is 13.8 Å². The van der Waals surface area contributed by atoms with Crippen molar-refractivity contribution in [3.8, 4) is 16.9 Å². The van der Waals surface area contributed by atoms with Gasteiger partial charge in [-0.1, -0.05) is 38.6 Å². The number of pyridine rings is 1. The number of anilines is 1. The van der Waals surface area contributed by atoms with Crippen LogP contribution < -0.4 is 10.9 Å². The zero-order valence-corrected chi connectivity index (χ0v) is 22.2. The molecule has 2 aromatic heterocycles. The minimum absolute atomic E-state index is 0.0416. The molecule has 0 spiro atoms. The van der Waals surface area contributed by atoms with Gasteiger partial charge in [0.15, 0.2) is 5.65 Å². The predicted molar refractivity (Wildman–Crippen MR) is 151 cm³/mol. The maximum atomic E-state index is 14.9. The van der Waals surface area contributed by atoms with Gasteiger partial charge >= 0.3 is 0 Å². The van der Waals surface area contributed by atoms with Gasteiger partial charge in [-0.15, -0.1) is 4.91 Å². The maximum absolute atomic E-state index is 14.9. The molecule has 202 valence electrons. The zero-order chi connectivity index (χ0) is 28.1. The lowest BCUT2D eigenvalue weighted by Gasteiger charge is -2.18. The Balaban J connectivity index is 1.94. The average molecular weight is 533 g/mol. The second-order valence-electron chi connectivity index (χ2n) is 9.09. The number of rotatable bonds is 11. The summed E-state index contributed by atoms with van der Waals surface area (Å²) < 4.78 is 30.7. The molecule has 2 aromatic carbocycles. The molecule has 4 aromatic rings. The van der Waals surface area contributed by atoms with Crippen molar-refractivity contribution in [2.45, 2.75) is 27.2 Å². The van der Waals surface area contributed by atoms with Gasteiger partial charge in [-0.05, 0) is 68.0 Å². The Hall–Kier alpha value is -4.31. The summed E-state index contributed by atoms with van der Waals surface area (Å²) in [5.41, 5.74) is 1.31. The van der Waals surface area contributed by atoms with E-state index in [9.17, 15) is 18.5 Å². The van der Waals surface area contributed by atoms with E-state index in [0.717, 1.165) is 48.3 Å². The van der Waals surface area contributed by atoms with Crippen molar-refractivity contribution < 1.29 is 8.78 Å². The average Bonchev–Trinajstić information content (AvgIpc) is 2.93. The van der Waals surface area contributed by atoms with Crippen molar-refractivity contribution in [2.24, 2.45) is 5.18 Å². The number of para-hydroxylation sites is 1. The van der Waals surface area contributed by atoms with E-state index in [0.29, 0.717) is 28.8 Å². The van der Waals surface area contributed by atoms with Gasteiger partial charge in [0.2, 0.25) is 5.95 Å². The van der Waals surface area contributed by atoms with Crippen molar-refractivity contribution >= 4 is 22.7 Å². The Morgan fingerprint density at radius 2 is 1.79 bits per heavy atom. The number of fused-ring (bicyclic) bond motifs is 1. The molecule has 0 saturated heterocycles. The number of nitroso groups, excluding NO2 is 1. The van der Waals surface area contributed by atoms with E-state index in [1.54, 1.807) is 18.2 Å². The van der Waals surface area contributed by atoms with Crippen molar-refractivity contribution in [3.63, 3.8) is 0 Å². The highest BCUT2D eigenvalue weighted by Crippen LogP contribution is 2.32. The second-order valence-corrected chi connectivity index (χ2v) is 9.09. The predicted octanol–water partition coefficient (Wildman–Crippen LogP) is 5.92. The lowest BCUT2D eigenvalue weighted by Crippen LogP contribution is -2.25. The number of hydrogen-bond donors (Lipinski definition) is 1. The minimum Gasteiger partial charge on any atom is -0.354 e. The molecule has 0 amide bonds. The fraction of sp³-hybridized carbons (Fsp3) is 0.276. The van der Waals surface area contributed by atoms with Crippen molar-refractivity contribution in [1.29, 1.82) is 0 Å². The van der Waals surface area contributed by atoms with Gasteiger partial charge in [0, 0.05) is 29.1 Å². The summed E-state index contributed by atoms with van der Waals surface area (Å²) in [6, 6.07) is 11.4. The first-order chi connectivity index (χ1) is 18.8. The Labute approximate surface area is 225 Å². The number of hydrogen-bond acceptors (Lipinski definition) is 7. The third-order valence-corrected chi connectivity index (χ3v) is 6.68. The smallest absolute Gasteiger partial charge is 0.256 e. The second kappa shape index (κ2) is 12.0. The Morgan fingerprint density at radius 1 is 1.08 bits per heavy atom. The van der Waals surface area contributed by atoms with Gasteiger partial charge in [-0.3, -0.25) is 9.36 Å². The molecular weight excluding hydrogens is 502 g/mol. The van der Waals surface area contributed by atoms with E-state index in [1.807, 2.05) is 6.92 Å². The third kappa shape index (κ3) is 5.75. The molecule has 0 aliphatic heterocycles. The number of aromatic nitrogens is 3. The first-order valence-corrected chi connectivity index (χ1v) is 12.8. The van der Waals surface area contributed by atoms with E-state index >= 15 is 0 Å². The van der Waals surface area contributed by atoms with E-state index in [2.05, 4.69) is 40.8 Å². The number of nitrogens with zero attached hydrogens (tertiary/aromatic N) is 5. The lowest BCUT2D eigenvalue weighted by molar-refractivity contribution is 0.303. The van der Waals surface area contributed by atoms with Crippen LogP contribution in [-0.4, -0.2) is 45.6 Å². The Morgan fingerprint density at radius 3 is 2.46 bits per heavy atom. The Kier molecular flexibility index (Phi) is 8.55. The first kappa shape index (κ1) is 27.7. The molecule has 10 heteroatoms. The maximum Gasteiger partial charge on any atom is 0.256 e. The molecule has 2 heterocycles. The van der Waals surface area contributed by atoms with Gasteiger partial charge in [0.25, 0.3) is 5.56 Å². The molecule has 0 saturated carbocycles. The van der Waals surface area contributed by atoms with Crippen LogP contribution >= 0.6 is 0 Å². The molecule has 0 bridgehead atoms. The third-order valence-electron chi connectivity index (χ3n) is 6.68. The van der Waals surface area contributed by atoms with Crippen LogP contribution in [0.1, 0.15) is 31.4 Å². The lowest BCUT2D eigenvalue weighted by atomic mass is 9.99. The summed E-state index contributed by atoms with van der Waals surface area (Å²) in [6.45, 7) is 13.0. The van der Waals surface area contributed by atoms with E-state index in [1.165, 1.54) is 18.2 Å². The minimum atomic E-state index is -0.898. The standard InChI is InChI=1S/C29H30F2N6O2/c1-5-36(6-2)16-8-15-32-29-33-26(22-17-20(19(4)35-39)12-11-18(22)3)21-13-14-25(38)37(28(21)34-29)27-23(30)9-7-10-24(27)31/h7,9-14,17H,4-6,8,15-16H2,1-3H3,(H,32,33,34). The molecule has 1 N–H and O–H groups in total. The molecule has 0 atom stereocenters. The van der Waals surface area contributed by atoms with Gasteiger partial charge in [-0.2, -0.15) is 4.98 Å². The van der Waals surface area contributed by atoms with Gasteiger partial charge in [0.05, 0.1) is 5.69 Å². The van der Waals surface area contributed by atoms with Crippen LogP contribution in [-0.2, 0) is 0 Å². The van der Waals surface area contributed by atoms with Crippen LogP contribution in [0.3, 0.4) is 0 Å². The molecule has 39 heavy (non-hydrogen) atoms. The first-order valence-electron chi connectivity index (χ1n) is 12.8. The summed E-state index contributed by atoms with van der Waals surface area (Å²) in [7, 11) is 0. The molecule has 0 aliphatic rings. The van der Waals surface area contributed by atoms with Crippen LogP contribution in [0.4, 0.5) is 14.7 Å². The van der Waals surface area contributed by atoms with Crippen molar-refractivity contribution in [1.82, 2.24) is 19.4 Å². The molecule has 8 nitrogen and oxygen atoms in total. The van der Waals surface area contributed by atoms with Crippen molar-refractivity contribution in [3.05, 3.63) is 93.1 Å². The SMILES string of the molecule is C=C(N=O)c1ccc(C)c(-c2nc(NCCCN(CC)CC)nc3c2ccc(=O)n3-c2c(F)cccc2F)c1. The van der Waals surface area contributed by atoms with Crippen LogP contribution in [0.2, 0.25) is 0 Å². The van der Waals surface area contributed by atoms with E-state index in [4.69, 9.17) is 4.98 Å². The Bertz CT molecular complexity index is 1580. The monoisotopic (exact) mass is 532 g/mol. The highest BCUT2D eigenvalue weighted by molar-refractivity contribution is 5.93. The number of benzene rings is 2. The molecule has 0 unspecified atom stereocenters. The number of halogens is 2. The molecule has 4 rings (SSSR count). The molecular formula is C29H30F2N6O2. The fourth-order valence-corrected chi connectivity index (χ4v) is 4.47. The zero-order valence-electron chi connectivity index (χ0n) is 22.2. The molecule has 0 fully saturated rings. The highest BCUT2D eigenvalue weighted by Gasteiger charge is 2.20. The van der Waals surface area contributed by atoms with Crippen molar-refractivity contribution in [2.75, 3.05) is 31.5 Å². The molecule has 0 aliphatic carbocycles. The normalized spacial score (nSPS) is 11.2. The van der Waals surface area contributed by atoms with E-state index < -0.39 is 22.9 Å². The highest BCUT2D eigenvalue weighted by atomic mass is 19.1. The van der Waals surface area contributed by atoms with Crippen LogP contribution in [0.25, 0.3) is 33.7 Å². The fourth-order valence-electron chi connectivity index (χ4n) is 4.47. The summed E-state index contributed by atoms with van der Waals surface area (Å²) in [6.07, 6.45) is 0.807. The topological polar surface area (TPSA) is 92.5 Å². The van der Waals surface area contributed by atoms with Crippen LogP contribution in [0.5, 0.6) is 0 Å². The summed E-state index contributed by atoms with van der Waals surface area (Å²) >= 11 is 0. The number of aryl methyl sites for hydroxylation is 1. The van der Waals surface area contributed by atoms with Gasteiger partial charge in [0.1, 0.15) is 23.0 Å². The summed E-state index contributed by atoms with van der Waals surface area (Å²) in [4.78, 5) is 35.8. The van der Waals surface area contributed by atoms with Gasteiger partial charge < -0.3 is 10.2 Å². The van der Waals surface area contributed by atoms with E-state index in [-0.39, 0.29) is 17.3 Å². The van der Waals surface area contributed by atoms with Crippen LogP contribution in [0, 0.1) is 23.5 Å². The van der Waals surface area contributed by atoms with Crippen LogP contribution in [0.15, 0.2) is 65.1 Å². The summed E-state index contributed by atoms with van der Waals surface area (Å²) in [5.74, 6) is -1.60. The quantitative estimate of drug-likeness (QED) is 0.191. The largest absolute Gasteiger partial charge is 0.354 e. The number of nitrogens with one attached hydrogen (secondary N) is 1. The molecule has 0 radical (unpaired) electrons.